The van der Waals surface area contributed by atoms with Crippen LogP contribution in [0.4, 0.5) is 0 Å². The average molecular weight is 594 g/mol. The van der Waals surface area contributed by atoms with E-state index in [1.807, 2.05) is 0 Å². The van der Waals surface area contributed by atoms with Gasteiger partial charge in [0.05, 0.1) is 40.2 Å². The van der Waals surface area contributed by atoms with E-state index in [9.17, 15) is 0 Å². The number of rotatable bonds is 0. The summed E-state index contributed by atoms with van der Waals surface area (Å²) in [7, 11) is 0. The third-order valence-electron chi connectivity index (χ3n) is 3.81. The van der Waals surface area contributed by atoms with Crippen LogP contribution in [-0.4, -0.2) is 0 Å². The second-order valence-electron chi connectivity index (χ2n) is 5.16. The van der Waals surface area contributed by atoms with Crippen LogP contribution in [0, 0.1) is 0 Å². The molecule has 0 unspecified atom stereocenters. The number of benzene rings is 2. The van der Waals surface area contributed by atoms with E-state index in [2.05, 4.69) is 0 Å². The Bertz CT molecular complexity index is 896. The summed E-state index contributed by atoms with van der Waals surface area (Å²) in [6, 6.07) is 0. The van der Waals surface area contributed by atoms with Crippen molar-refractivity contribution in [2.24, 2.45) is 0 Å². The maximum Gasteiger partial charge on any atom is 0.182 e. The van der Waals surface area contributed by atoms with Gasteiger partial charge in [0.2, 0.25) is 0 Å². The summed E-state index contributed by atoms with van der Waals surface area (Å²) in [5, 5.41) is -0.558. The van der Waals surface area contributed by atoms with Crippen molar-refractivity contribution in [1.82, 2.24) is 0 Å². The Labute approximate surface area is 208 Å². The molecule has 2 aromatic rings. The lowest BCUT2D eigenvalue weighted by atomic mass is 9.83. The molecule has 140 valence electrons. The maximum absolute atomic E-state index is 6.52. The highest BCUT2D eigenvalue weighted by Gasteiger charge is 2.58. The molecule has 0 heterocycles. The number of alkyl halides is 4. The van der Waals surface area contributed by atoms with Crippen molar-refractivity contribution in [2.45, 2.75) is 8.67 Å². The largest absolute Gasteiger partial charge is 0.182 e. The molecule has 0 radical (unpaired) electrons. The van der Waals surface area contributed by atoms with E-state index in [0.717, 1.165) is 0 Å². The van der Waals surface area contributed by atoms with Crippen molar-refractivity contribution >= 4 is 139 Å². The van der Waals surface area contributed by atoms with Gasteiger partial charge in [-0.1, -0.05) is 139 Å². The summed E-state index contributed by atoms with van der Waals surface area (Å²) in [6.07, 6.45) is 0. The van der Waals surface area contributed by atoms with Crippen LogP contribution in [0.1, 0.15) is 11.1 Å². The van der Waals surface area contributed by atoms with Gasteiger partial charge in [0.25, 0.3) is 0 Å². The molecule has 0 amide bonds. The average Bonchev–Trinajstić information content (AvgIpc) is 2.56. The minimum absolute atomic E-state index is 0.00996. The van der Waals surface area contributed by atoms with Gasteiger partial charge in [-0.2, -0.15) is 0 Å². The van der Waals surface area contributed by atoms with E-state index in [1.54, 1.807) is 0 Å². The third kappa shape index (κ3) is 2.87. The van der Waals surface area contributed by atoms with Gasteiger partial charge in [-0.3, -0.25) is 0 Å². The summed E-state index contributed by atoms with van der Waals surface area (Å²) < 4.78 is -4.09. The fourth-order valence-corrected chi connectivity index (χ4v) is 6.14. The van der Waals surface area contributed by atoms with Gasteiger partial charge in [0.1, 0.15) is 0 Å². The summed E-state index contributed by atoms with van der Waals surface area (Å²) in [5.74, 6) is 0. The predicted octanol–water partition coefficient (Wildman–Crippen LogP) is 10.9. The fraction of sp³-hybridized carbons (Fsp3) is 0.143. The number of hydrogen-bond acceptors (Lipinski definition) is 0. The lowest BCUT2D eigenvalue weighted by Crippen LogP contribution is -2.37. The topological polar surface area (TPSA) is 0 Å². The SMILES string of the molecule is Clc1c(Cl)c(Cl)c2c(c1Cl)-c1c(Cl)c(Cl)c(Cl)c(Cl)c1C(Cl)(Cl)C2(Cl)Cl. The van der Waals surface area contributed by atoms with Gasteiger partial charge in [0.15, 0.2) is 8.67 Å². The molecular weight excluding hydrogens is 594 g/mol. The van der Waals surface area contributed by atoms with Gasteiger partial charge in [-0.25, -0.2) is 0 Å². The number of halogens is 12. The van der Waals surface area contributed by atoms with Crippen LogP contribution in [0.15, 0.2) is 0 Å². The first-order valence-electron chi connectivity index (χ1n) is 6.27. The van der Waals surface area contributed by atoms with Crippen molar-refractivity contribution in [3.05, 3.63) is 51.3 Å². The van der Waals surface area contributed by atoms with Gasteiger partial charge in [0, 0.05) is 22.3 Å². The molecule has 0 saturated carbocycles. The fourth-order valence-electron chi connectivity index (χ4n) is 2.64. The van der Waals surface area contributed by atoms with Crippen LogP contribution < -0.4 is 0 Å². The molecule has 0 spiro atoms. The van der Waals surface area contributed by atoms with E-state index < -0.39 is 8.67 Å². The lowest BCUT2D eigenvalue weighted by molar-refractivity contribution is 0.722. The van der Waals surface area contributed by atoms with Crippen LogP contribution in [0.25, 0.3) is 11.1 Å². The molecule has 0 aliphatic heterocycles. The molecule has 0 fully saturated rings. The quantitative estimate of drug-likeness (QED) is 0.162. The molecule has 0 bridgehead atoms. The second-order valence-corrected chi connectivity index (χ2v) is 10.8. The smallest absolute Gasteiger partial charge is 0.0924 e. The highest BCUT2D eigenvalue weighted by atomic mass is 35.5. The molecule has 1 aliphatic rings. The van der Waals surface area contributed by atoms with Crippen LogP contribution in [0.2, 0.25) is 40.2 Å². The van der Waals surface area contributed by atoms with Crippen molar-refractivity contribution in [1.29, 1.82) is 0 Å². The number of fused-ring (bicyclic) bond motifs is 3. The normalized spacial score (nSPS) is 17.1. The first kappa shape index (κ1) is 22.6. The monoisotopic (exact) mass is 588 g/mol. The second kappa shape index (κ2) is 7.26. The first-order valence-corrected chi connectivity index (χ1v) is 10.8. The third-order valence-corrected chi connectivity index (χ3v) is 9.69. The van der Waals surface area contributed by atoms with Gasteiger partial charge in [-0.15, -0.1) is 0 Å². The Kier molecular flexibility index (Phi) is 6.31. The minimum Gasteiger partial charge on any atom is -0.0924 e. The molecule has 0 aromatic heterocycles. The first-order chi connectivity index (χ1) is 11.8. The van der Waals surface area contributed by atoms with Crippen LogP contribution in [0.5, 0.6) is 0 Å². The maximum atomic E-state index is 6.52. The highest BCUT2D eigenvalue weighted by Crippen LogP contribution is 2.69. The van der Waals surface area contributed by atoms with Crippen molar-refractivity contribution in [3.8, 4) is 11.1 Å². The standard InChI is InChI=1S/C14Cl12/c15-5-1-2-4(8(18)12(22)10(20)6(2)16)14(25,26)13(23,24)3(1)7(17)11(21)9(5)19. The Morgan fingerprint density at radius 1 is 0.346 bits per heavy atom. The van der Waals surface area contributed by atoms with Crippen LogP contribution in [0.3, 0.4) is 0 Å². The Hall–Kier alpha value is 1.92. The van der Waals surface area contributed by atoms with Crippen molar-refractivity contribution in [3.63, 3.8) is 0 Å². The molecule has 0 saturated heterocycles. The molecule has 12 heteroatoms. The zero-order chi connectivity index (χ0) is 19.9. The lowest BCUT2D eigenvalue weighted by Gasteiger charge is -2.42. The van der Waals surface area contributed by atoms with E-state index in [-0.39, 0.29) is 62.4 Å². The summed E-state index contributed by atoms with van der Waals surface area (Å²) >= 11 is 76.2. The zero-order valence-corrected chi connectivity index (χ0v) is 20.6. The summed E-state index contributed by atoms with van der Waals surface area (Å²) in [5.41, 5.74) is 0.313. The van der Waals surface area contributed by atoms with Gasteiger partial charge < -0.3 is 0 Å². The van der Waals surface area contributed by atoms with Gasteiger partial charge >= 0.3 is 0 Å². The van der Waals surface area contributed by atoms with Crippen molar-refractivity contribution in [2.75, 3.05) is 0 Å². The molecular formula is C14Cl12. The Morgan fingerprint density at radius 2 is 0.577 bits per heavy atom. The molecule has 0 atom stereocenters. The highest BCUT2D eigenvalue weighted by molar-refractivity contribution is 6.65. The zero-order valence-electron chi connectivity index (χ0n) is 11.5. The summed E-state index contributed by atoms with van der Waals surface area (Å²) in [6.45, 7) is 0. The molecule has 0 nitrogen and oxygen atoms in total. The molecule has 0 N–H and O–H groups in total. The van der Waals surface area contributed by atoms with Gasteiger partial charge in [-0.05, 0) is 0 Å². The number of hydrogen-bond donors (Lipinski definition) is 0. The van der Waals surface area contributed by atoms with E-state index in [1.165, 1.54) is 0 Å². The van der Waals surface area contributed by atoms with E-state index in [4.69, 9.17) is 139 Å². The van der Waals surface area contributed by atoms with E-state index >= 15 is 0 Å². The Morgan fingerprint density at radius 3 is 0.846 bits per heavy atom. The van der Waals surface area contributed by atoms with Crippen LogP contribution >= 0.6 is 139 Å². The predicted molar refractivity (Wildman–Crippen MR) is 119 cm³/mol. The minimum atomic E-state index is -2.04. The molecule has 2 aromatic carbocycles. The Balaban J connectivity index is 2.71. The van der Waals surface area contributed by atoms with Crippen LogP contribution in [-0.2, 0) is 8.67 Å². The molecule has 26 heavy (non-hydrogen) atoms. The van der Waals surface area contributed by atoms with Crippen molar-refractivity contribution < 1.29 is 0 Å². The van der Waals surface area contributed by atoms with E-state index in [0.29, 0.717) is 0 Å². The molecule has 3 rings (SSSR count). The molecule has 1 aliphatic carbocycles. The summed E-state index contributed by atoms with van der Waals surface area (Å²) in [4.78, 5) is 0.